The summed E-state index contributed by atoms with van der Waals surface area (Å²) in [5.74, 6) is -1.07. The monoisotopic (exact) mass is 290 g/mol. The molecule has 114 valence electrons. The molecule has 0 spiro atoms. The maximum atomic E-state index is 12.5. The number of likely N-dealkylation sites (N-methyl/N-ethyl adjacent to an activating group) is 1. The van der Waals surface area contributed by atoms with Gasteiger partial charge in [-0.05, 0) is 24.9 Å². The van der Waals surface area contributed by atoms with E-state index in [0.717, 1.165) is 32.4 Å². The summed E-state index contributed by atoms with van der Waals surface area (Å²) in [5, 5.41) is 8.82. The quantitative estimate of drug-likeness (QED) is 0.894. The first-order valence-corrected chi connectivity index (χ1v) is 7.32. The van der Waals surface area contributed by atoms with Crippen molar-refractivity contribution in [3.05, 3.63) is 35.9 Å². The van der Waals surface area contributed by atoms with Gasteiger partial charge in [-0.2, -0.15) is 0 Å². The smallest absolute Gasteiger partial charge is 0.323 e. The maximum absolute atomic E-state index is 12.5. The number of rotatable bonds is 5. The highest BCUT2D eigenvalue weighted by molar-refractivity contribution is 5.85. The Morgan fingerprint density at radius 1 is 1.29 bits per heavy atom. The molecule has 0 saturated carbocycles. The van der Waals surface area contributed by atoms with Crippen molar-refractivity contribution in [1.82, 2.24) is 9.80 Å². The summed E-state index contributed by atoms with van der Waals surface area (Å²) in [6, 6.07) is 9.86. The van der Waals surface area contributed by atoms with Gasteiger partial charge in [0.1, 0.15) is 6.54 Å². The Bertz CT molecular complexity index is 490. The zero-order valence-corrected chi connectivity index (χ0v) is 12.4. The van der Waals surface area contributed by atoms with Crippen molar-refractivity contribution in [2.75, 3.05) is 20.1 Å². The van der Waals surface area contributed by atoms with Gasteiger partial charge < -0.3 is 10.0 Å². The maximum Gasteiger partial charge on any atom is 0.323 e. The van der Waals surface area contributed by atoms with Gasteiger partial charge in [0.2, 0.25) is 5.91 Å². The van der Waals surface area contributed by atoms with Crippen LogP contribution in [0.25, 0.3) is 0 Å². The number of carboxylic acid groups (broad SMARTS) is 1. The Balaban J connectivity index is 2.04. The van der Waals surface area contributed by atoms with Crippen LogP contribution in [0.15, 0.2) is 30.3 Å². The van der Waals surface area contributed by atoms with Gasteiger partial charge in [-0.15, -0.1) is 0 Å². The molecule has 1 aliphatic heterocycles. The van der Waals surface area contributed by atoms with Gasteiger partial charge in [0.05, 0.1) is 6.04 Å². The molecule has 0 radical (unpaired) electrons. The van der Waals surface area contributed by atoms with Gasteiger partial charge in [-0.25, -0.2) is 0 Å². The number of amides is 1. The molecule has 1 amide bonds. The number of hydrogen-bond donors (Lipinski definition) is 1. The van der Waals surface area contributed by atoms with Gasteiger partial charge >= 0.3 is 5.97 Å². The minimum atomic E-state index is -0.976. The molecule has 0 aromatic heterocycles. The number of nitrogens with zero attached hydrogens (tertiary/aromatic N) is 2. The Labute approximate surface area is 125 Å². The third kappa shape index (κ3) is 4.29. The van der Waals surface area contributed by atoms with Crippen LogP contribution in [0, 0.1) is 0 Å². The third-order valence-corrected chi connectivity index (χ3v) is 3.88. The second-order valence-electron chi connectivity index (χ2n) is 5.56. The highest BCUT2D eigenvalue weighted by Crippen LogP contribution is 2.21. The van der Waals surface area contributed by atoms with Crippen molar-refractivity contribution in [2.24, 2.45) is 0 Å². The van der Waals surface area contributed by atoms with E-state index in [4.69, 9.17) is 5.11 Å². The predicted molar refractivity (Wildman–Crippen MR) is 79.8 cm³/mol. The van der Waals surface area contributed by atoms with Crippen LogP contribution >= 0.6 is 0 Å². The fourth-order valence-electron chi connectivity index (χ4n) is 2.81. The summed E-state index contributed by atoms with van der Waals surface area (Å²) < 4.78 is 0. The molecular formula is C16H22N2O3. The zero-order valence-electron chi connectivity index (χ0n) is 12.4. The standard InChI is InChI=1S/C16H22N2O3/c1-17(12-15(19)20)16(21)14-9-5-6-10-18(14)11-13-7-3-2-4-8-13/h2-4,7-8,14H,5-6,9-12H2,1H3,(H,19,20). The van der Waals surface area contributed by atoms with Crippen molar-refractivity contribution in [3.63, 3.8) is 0 Å². The molecule has 1 heterocycles. The molecule has 1 fully saturated rings. The lowest BCUT2D eigenvalue weighted by molar-refractivity contribution is -0.146. The number of carbonyl (C=O) groups is 2. The van der Waals surface area contributed by atoms with E-state index >= 15 is 0 Å². The Hall–Kier alpha value is -1.88. The molecule has 1 aromatic carbocycles. The van der Waals surface area contributed by atoms with E-state index in [-0.39, 0.29) is 18.5 Å². The van der Waals surface area contributed by atoms with Crippen molar-refractivity contribution in [3.8, 4) is 0 Å². The van der Waals surface area contributed by atoms with Crippen LogP contribution in [0.2, 0.25) is 0 Å². The molecular weight excluding hydrogens is 268 g/mol. The van der Waals surface area contributed by atoms with E-state index in [1.807, 2.05) is 18.2 Å². The first kappa shape index (κ1) is 15.5. The number of benzene rings is 1. The van der Waals surface area contributed by atoms with Crippen molar-refractivity contribution in [1.29, 1.82) is 0 Å². The van der Waals surface area contributed by atoms with Gasteiger partial charge in [0.15, 0.2) is 0 Å². The molecule has 1 aromatic rings. The molecule has 1 N–H and O–H groups in total. The topological polar surface area (TPSA) is 60.9 Å². The molecule has 1 aliphatic rings. The molecule has 0 aliphatic carbocycles. The second-order valence-corrected chi connectivity index (χ2v) is 5.56. The van der Waals surface area contributed by atoms with E-state index in [9.17, 15) is 9.59 Å². The van der Waals surface area contributed by atoms with Crippen LogP contribution in [0.3, 0.4) is 0 Å². The number of likely N-dealkylation sites (tertiary alicyclic amines) is 1. The SMILES string of the molecule is CN(CC(=O)O)C(=O)C1CCCCN1Cc1ccccc1. The summed E-state index contributed by atoms with van der Waals surface area (Å²) in [4.78, 5) is 26.7. The van der Waals surface area contributed by atoms with Gasteiger partial charge in [-0.3, -0.25) is 14.5 Å². The average Bonchev–Trinajstić information content (AvgIpc) is 2.47. The molecule has 5 heteroatoms. The number of carbonyl (C=O) groups excluding carboxylic acids is 1. The summed E-state index contributed by atoms with van der Waals surface area (Å²) in [6.07, 6.45) is 2.90. The number of carboxylic acids is 1. The number of piperidine rings is 1. The van der Waals surface area contributed by atoms with Crippen LogP contribution in [0.1, 0.15) is 24.8 Å². The minimum absolute atomic E-state index is 0.0898. The van der Waals surface area contributed by atoms with E-state index in [0.29, 0.717) is 0 Å². The van der Waals surface area contributed by atoms with E-state index < -0.39 is 5.97 Å². The summed E-state index contributed by atoms with van der Waals surface area (Å²) in [5.41, 5.74) is 1.18. The fraction of sp³-hybridized carbons (Fsp3) is 0.500. The first-order valence-electron chi connectivity index (χ1n) is 7.32. The Morgan fingerprint density at radius 3 is 2.67 bits per heavy atom. The minimum Gasteiger partial charge on any atom is -0.480 e. The molecule has 1 saturated heterocycles. The van der Waals surface area contributed by atoms with Crippen LogP contribution in [0.5, 0.6) is 0 Å². The van der Waals surface area contributed by atoms with Crippen LogP contribution < -0.4 is 0 Å². The zero-order chi connectivity index (χ0) is 15.2. The van der Waals surface area contributed by atoms with E-state index in [2.05, 4.69) is 17.0 Å². The van der Waals surface area contributed by atoms with Crippen LogP contribution in [0.4, 0.5) is 0 Å². The van der Waals surface area contributed by atoms with Crippen LogP contribution in [-0.2, 0) is 16.1 Å². The van der Waals surface area contributed by atoms with Crippen molar-refractivity contribution >= 4 is 11.9 Å². The molecule has 5 nitrogen and oxygen atoms in total. The van der Waals surface area contributed by atoms with Gasteiger partial charge in [0, 0.05) is 13.6 Å². The third-order valence-electron chi connectivity index (χ3n) is 3.88. The second kappa shape index (κ2) is 7.22. The van der Waals surface area contributed by atoms with Crippen LogP contribution in [-0.4, -0.2) is 53.0 Å². The van der Waals surface area contributed by atoms with Crippen molar-refractivity contribution in [2.45, 2.75) is 31.8 Å². The molecule has 1 unspecified atom stereocenters. The number of aliphatic carboxylic acids is 1. The van der Waals surface area contributed by atoms with Gasteiger partial charge in [0.25, 0.3) is 0 Å². The Kier molecular flexibility index (Phi) is 5.33. The molecule has 1 atom stereocenters. The highest BCUT2D eigenvalue weighted by Gasteiger charge is 2.31. The lowest BCUT2D eigenvalue weighted by atomic mass is 10.00. The summed E-state index contributed by atoms with van der Waals surface area (Å²) >= 11 is 0. The highest BCUT2D eigenvalue weighted by atomic mass is 16.4. The lowest BCUT2D eigenvalue weighted by Gasteiger charge is -2.36. The normalized spacial score (nSPS) is 19.2. The van der Waals surface area contributed by atoms with E-state index in [1.165, 1.54) is 10.5 Å². The predicted octanol–water partition coefficient (Wildman–Crippen LogP) is 1.58. The first-order chi connectivity index (χ1) is 10.1. The summed E-state index contributed by atoms with van der Waals surface area (Å²) in [6.45, 7) is 1.37. The van der Waals surface area contributed by atoms with E-state index in [1.54, 1.807) is 7.05 Å². The Morgan fingerprint density at radius 2 is 2.00 bits per heavy atom. The lowest BCUT2D eigenvalue weighted by Crippen LogP contribution is -2.50. The largest absolute Gasteiger partial charge is 0.480 e. The number of hydrogen-bond acceptors (Lipinski definition) is 3. The van der Waals surface area contributed by atoms with Crippen molar-refractivity contribution < 1.29 is 14.7 Å². The summed E-state index contributed by atoms with van der Waals surface area (Å²) in [7, 11) is 1.56. The molecule has 2 rings (SSSR count). The molecule has 0 bridgehead atoms. The average molecular weight is 290 g/mol. The fourth-order valence-corrected chi connectivity index (χ4v) is 2.81. The molecule has 21 heavy (non-hydrogen) atoms. The van der Waals surface area contributed by atoms with Gasteiger partial charge in [-0.1, -0.05) is 36.8 Å².